The summed E-state index contributed by atoms with van der Waals surface area (Å²) < 4.78 is 0. The molecule has 2 nitrogen and oxygen atoms in total. The third-order valence-corrected chi connectivity index (χ3v) is 5.69. The monoisotopic (exact) mass is 434 g/mol. The molecule has 2 heterocycles. The lowest BCUT2D eigenvalue weighted by molar-refractivity contribution is 0.831. The number of aromatic nitrogens is 2. The molecular weight excluding hydrogens is 411 g/mol. The molecule has 2 aliphatic carbocycles. The first-order chi connectivity index (χ1) is 13.9. The number of rotatable bonds is 0. The number of allylic oxidation sites excluding steroid dienone is 4. The predicted octanol–water partition coefficient (Wildman–Crippen LogP) is 7.36. The van der Waals surface area contributed by atoms with Gasteiger partial charge in [0, 0.05) is 24.0 Å². The highest BCUT2D eigenvalue weighted by molar-refractivity contribution is 5.93. The SMILES string of the molecule is C1=CC2=C(CC1)CCc1c2ccc2ccccc12.Cl.Cl.c1cnc2ccncc2c1. The minimum Gasteiger partial charge on any atom is -0.264 e. The smallest absolute Gasteiger partial charge is 0.0732 e. The van der Waals surface area contributed by atoms with E-state index in [0.29, 0.717) is 0 Å². The summed E-state index contributed by atoms with van der Waals surface area (Å²) >= 11 is 0. The first-order valence-corrected chi connectivity index (χ1v) is 9.94. The van der Waals surface area contributed by atoms with Crippen LogP contribution in [0.2, 0.25) is 0 Å². The Morgan fingerprint density at radius 1 is 0.733 bits per heavy atom. The molecule has 2 aliphatic rings. The summed E-state index contributed by atoms with van der Waals surface area (Å²) in [4.78, 5) is 8.11. The zero-order chi connectivity index (χ0) is 18.8. The second-order valence-corrected chi connectivity index (χ2v) is 7.34. The van der Waals surface area contributed by atoms with Gasteiger partial charge in [-0.3, -0.25) is 9.97 Å². The van der Waals surface area contributed by atoms with Gasteiger partial charge in [-0.25, -0.2) is 0 Å². The normalized spacial score (nSPS) is 14.0. The number of hydrogen-bond acceptors (Lipinski definition) is 2. The standard InChI is InChI=1S/C18H16.C8H6N2.2ClH/c1-3-7-15-13(5-1)9-11-18-16-8-4-2-6-14(16)10-12-17(15)18;1-2-7-6-9-5-3-8(7)10-4-1;;/h1,3-5,7-9,11H,2,6,10,12H2;1-6H;2*1H. The lowest BCUT2D eigenvalue weighted by atomic mass is 9.80. The first kappa shape index (κ1) is 22.0. The molecule has 2 aromatic carbocycles. The summed E-state index contributed by atoms with van der Waals surface area (Å²) in [5.41, 5.74) is 7.20. The molecule has 0 fully saturated rings. The molecular formula is C26H24Cl2N2. The number of pyridine rings is 2. The van der Waals surface area contributed by atoms with Crippen molar-refractivity contribution in [2.45, 2.75) is 25.7 Å². The molecule has 4 heteroatoms. The van der Waals surface area contributed by atoms with Crippen molar-refractivity contribution in [1.82, 2.24) is 9.97 Å². The maximum atomic E-state index is 4.14. The predicted molar refractivity (Wildman–Crippen MR) is 132 cm³/mol. The van der Waals surface area contributed by atoms with E-state index in [4.69, 9.17) is 0 Å². The molecule has 6 rings (SSSR count). The van der Waals surface area contributed by atoms with Crippen LogP contribution in [0.4, 0.5) is 0 Å². The lowest BCUT2D eigenvalue weighted by Crippen LogP contribution is -2.06. The van der Waals surface area contributed by atoms with Gasteiger partial charge in [-0.15, -0.1) is 24.8 Å². The van der Waals surface area contributed by atoms with Crippen LogP contribution in [0.5, 0.6) is 0 Å². The van der Waals surface area contributed by atoms with Crippen LogP contribution in [0.3, 0.4) is 0 Å². The highest BCUT2D eigenvalue weighted by Gasteiger charge is 2.20. The van der Waals surface area contributed by atoms with Gasteiger partial charge in [-0.2, -0.15) is 0 Å². The number of aryl methyl sites for hydroxylation is 1. The quantitative estimate of drug-likeness (QED) is 0.288. The van der Waals surface area contributed by atoms with Crippen LogP contribution >= 0.6 is 24.8 Å². The second-order valence-electron chi connectivity index (χ2n) is 7.34. The molecule has 0 bridgehead atoms. The van der Waals surface area contributed by atoms with E-state index in [0.717, 1.165) is 10.9 Å². The molecule has 0 unspecified atom stereocenters. The average molecular weight is 435 g/mol. The van der Waals surface area contributed by atoms with E-state index in [1.165, 1.54) is 47.6 Å². The molecule has 4 aromatic rings. The third-order valence-electron chi connectivity index (χ3n) is 5.69. The van der Waals surface area contributed by atoms with Crippen molar-refractivity contribution in [1.29, 1.82) is 0 Å². The van der Waals surface area contributed by atoms with Gasteiger partial charge < -0.3 is 0 Å². The fraction of sp³-hybridized carbons (Fsp3) is 0.154. The van der Waals surface area contributed by atoms with Crippen molar-refractivity contribution in [3.63, 3.8) is 0 Å². The zero-order valence-corrected chi connectivity index (χ0v) is 18.3. The second kappa shape index (κ2) is 9.88. The lowest BCUT2D eigenvalue weighted by Gasteiger charge is -2.25. The molecule has 152 valence electrons. The van der Waals surface area contributed by atoms with E-state index >= 15 is 0 Å². The maximum Gasteiger partial charge on any atom is 0.0732 e. The van der Waals surface area contributed by atoms with E-state index in [2.05, 4.69) is 58.5 Å². The Morgan fingerprint density at radius 2 is 1.60 bits per heavy atom. The summed E-state index contributed by atoms with van der Waals surface area (Å²) in [5, 5.41) is 3.91. The molecule has 0 saturated carbocycles. The first-order valence-electron chi connectivity index (χ1n) is 9.94. The van der Waals surface area contributed by atoms with E-state index in [9.17, 15) is 0 Å². The van der Waals surface area contributed by atoms with Crippen LogP contribution in [-0.4, -0.2) is 9.97 Å². The topological polar surface area (TPSA) is 25.8 Å². The average Bonchev–Trinajstić information content (AvgIpc) is 2.79. The largest absolute Gasteiger partial charge is 0.264 e. The Kier molecular flexibility index (Phi) is 7.25. The van der Waals surface area contributed by atoms with Crippen molar-refractivity contribution in [3.05, 3.63) is 102 Å². The van der Waals surface area contributed by atoms with E-state index in [1.54, 1.807) is 23.5 Å². The van der Waals surface area contributed by atoms with Crippen LogP contribution < -0.4 is 0 Å². The van der Waals surface area contributed by atoms with Crippen molar-refractivity contribution in [2.75, 3.05) is 0 Å². The summed E-state index contributed by atoms with van der Waals surface area (Å²) in [6.07, 6.45) is 14.9. The van der Waals surface area contributed by atoms with Crippen LogP contribution in [-0.2, 0) is 6.42 Å². The maximum absolute atomic E-state index is 4.14. The summed E-state index contributed by atoms with van der Waals surface area (Å²) in [5.74, 6) is 0. The van der Waals surface area contributed by atoms with Crippen molar-refractivity contribution >= 4 is 52.1 Å². The molecule has 0 spiro atoms. The third kappa shape index (κ3) is 4.26. The van der Waals surface area contributed by atoms with Crippen LogP contribution in [0.25, 0.3) is 27.2 Å². The highest BCUT2D eigenvalue weighted by Crippen LogP contribution is 2.39. The number of halogens is 2. The fourth-order valence-electron chi connectivity index (χ4n) is 4.30. The molecule has 0 aliphatic heterocycles. The number of benzene rings is 2. The van der Waals surface area contributed by atoms with Crippen LogP contribution in [0.15, 0.2) is 90.9 Å². The number of fused-ring (bicyclic) bond motifs is 5. The molecule has 0 saturated heterocycles. The van der Waals surface area contributed by atoms with Crippen molar-refractivity contribution in [2.24, 2.45) is 0 Å². The molecule has 0 amide bonds. The van der Waals surface area contributed by atoms with Crippen molar-refractivity contribution in [3.8, 4) is 0 Å². The van der Waals surface area contributed by atoms with Gasteiger partial charge in [0.2, 0.25) is 0 Å². The molecule has 30 heavy (non-hydrogen) atoms. The van der Waals surface area contributed by atoms with Gasteiger partial charge in [0.25, 0.3) is 0 Å². The number of nitrogens with zero attached hydrogens (tertiary/aromatic N) is 2. The van der Waals surface area contributed by atoms with E-state index in [1.807, 2.05) is 24.4 Å². The summed E-state index contributed by atoms with van der Waals surface area (Å²) in [7, 11) is 0. The van der Waals surface area contributed by atoms with Crippen LogP contribution in [0, 0.1) is 0 Å². The minimum atomic E-state index is 0. The van der Waals surface area contributed by atoms with Crippen molar-refractivity contribution < 1.29 is 0 Å². The molecule has 0 atom stereocenters. The van der Waals surface area contributed by atoms with Gasteiger partial charge in [0.15, 0.2) is 0 Å². The highest BCUT2D eigenvalue weighted by atomic mass is 35.5. The number of hydrogen-bond donors (Lipinski definition) is 0. The Hall–Kier alpha value is -2.68. The summed E-state index contributed by atoms with van der Waals surface area (Å²) in [6.45, 7) is 0. The minimum absolute atomic E-state index is 0. The van der Waals surface area contributed by atoms with Gasteiger partial charge in [-0.05, 0) is 71.4 Å². The van der Waals surface area contributed by atoms with E-state index < -0.39 is 0 Å². The summed E-state index contributed by atoms with van der Waals surface area (Å²) in [6, 6.07) is 19.2. The van der Waals surface area contributed by atoms with Crippen LogP contribution in [0.1, 0.15) is 30.4 Å². The molecule has 0 radical (unpaired) electrons. The Morgan fingerprint density at radius 3 is 2.50 bits per heavy atom. The van der Waals surface area contributed by atoms with E-state index in [-0.39, 0.29) is 24.8 Å². The van der Waals surface area contributed by atoms with Gasteiger partial charge in [0.1, 0.15) is 0 Å². The molecule has 0 N–H and O–H groups in total. The molecule has 2 aromatic heterocycles. The Labute approximate surface area is 189 Å². The van der Waals surface area contributed by atoms with Gasteiger partial charge >= 0.3 is 0 Å². The van der Waals surface area contributed by atoms with Gasteiger partial charge in [-0.1, -0.05) is 54.1 Å². The van der Waals surface area contributed by atoms with Gasteiger partial charge in [0.05, 0.1) is 5.52 Å². The Bertz CT molecular complexity index is 1160. The fourth-order valence-corrected chi connectivity index (χ4v) is 4.30. The Balaban J connectivity index is 0.000000184. The zero-order valence-electron chi connectivity index (χ0n) is 16.6.